The molecule has 0 amide bonds. The quantitative estimate of drug-likeness (QED) is 0.177. The van der Waals surface area contributed by atoms with E-state index in [-0.39, 0.29) is 5.97 Å². The molecule has 1 atom stereocenters. The molecule has 35 heavy (non-hydrogen) atoms. The molecule has 0 aliphatic heterocycles. The van der Waals surface area contributed by atoms with Gasteiger partial charge in [0.05, 0.1) is 30.5 Å². The highest BCUT2D eigenvalue weighted by Crippen LogP contribution is 2.18. The van der Waals surface area contributed by atoms with Gasteiger partial charge in [0.2, 0.25) is 0 Å². The maximum absolute atomic E-state index is 12.3. The topological polar surface area (TPSA) is 74.2 Å². The predicted octanol–water partition coefficient (Wildman–Crippen LogP) is 6.65. The van der Waals surface area contributed by atoms with Gasteiger partial charge in [-0.2, -0.15) is 0 Å². The summed E-state index contributed by atoms with van der Waals surface area (Å²) in [6.45, 7) is 4.68. The molecule has 0 saturated heterocycles. The van der Waals surface area contributed by atoms with Crippen molar-refractivity contribution in [3.8, 4) is 11.5 Å². The van der Waals surface area contributed by atoms with E-state index >= 15 is 0 Å². The van der Waals surface area contributed by atoms with Crippen LogP contribution in [0.2, 0.25) is 0 Å². The molecule has 0 fully saturated rings. The van der Waals surface area contributed by atoms with E-state index in [1.165, 1.54) is 0 Å². The molecule has 0 bridgehead atoms. The minimum Gasteiger partial charge on any atom is -0.497 e. The standard InChI is InChI=1S/C29H31NO5/c1-4-5-6-21(2)20-34-28(31)23-9-13-25(14-10-23)30-19-22-7-15-27(16-8-22)35-29(32)24-11-17-26(33-3)18-12-24/h7-19,21H,4-6,20H2,1-3H3. The summed E-state index contributed by atoms with van der Waals surface area (Å²) in [4.78, 5) is 29.0. The van der Waals surface area contributed by atoms with Crippen LogP contribution < -0.4 is 9.47 Å². The lowest BCUT2D eigenvalue weighted by molar-refractivity contribution is 0.0442. The van der Waals surface area contributed by atoms with Crippen LogP contribution in [0.4, 0.5) is 5.69 Å². The summed E-state index contributed by atoms with van der Waals surface area (Å²) >= 11 is 0. The third-order valence-corrected chi connectivity index (χ3v) is 5.43. The third-order valence-electron chi connectivity index (χ3n) is 5.43. The molecular weight excluding hydrogens is 442 g/mol. The number of ether oxygens (including phenoxy) is 3. The summed E-state index contributed by atoms with van der Waals surface area (Å²) in [5, 5.41) is 0. The first-order chi connectivity index (χ1) is 17.0. The molecule has 0 radical (unpaired) electrons. The first-order valence-corrected chi connectivity index (χ1v) is 11.8. The fraction of sp³-hybridized carbons (Fsp3) is 0.276. The molecule has 0 N–H and O–H groups in total. The second-order valence-corrected chi connectivity index (χ2v) is 8.34. The van der Waals surface area contributed by atoms with Gasteiger partial charge in [0, 0.05) is 6.21 Å². The first-order valence-electron chi connectivity index (χ1n) is 11.8. The number of benzene rings is 3. The monoisotopic (exact) mass is 473 g/mol. The highest BCUT2D eigenvalue weighted by atomic mass is 16.5. The highest BCUT2D eigenvalue weighted by molar-refractivity contribution is 5.91. The van der Waals surface area contributed by atoms with Gasteiger partial charge in [-0.1, -0.05) is 26.7 Å². The van der Waals surface area contributed by atoms with Crippen LogP contribution in [0.1, 0.15) is 59.4 Å². The molecule has 3 aromatic rings. The fourth-order valence-corrected chi connectivity index (χ4v) is 3.28. The molecule has 0 heterocycles. The van der Waals surface area contributed by atoms with Gasteiger partial charge in [0.1, 0.15) is 11.5 Å². The van der Waals surface area contributed by atoms with Crippen molar-refractivity contribution < 1.29 is 23.8 Å². The zero-order chi connectivity index (χ0) is 25.0. The van der Waals surface area contributed by atoms with Crippen molar-refractivity contribution in [1.82, 2.24) is 0 Å². The minimum absolute atomic E-state index is 0.316. The van der Waals surface area contributed by atoms with Crippen molar-refractivity contribution in [1.29, 1.82) is 0 Å². The van der Waals surface area contributed by atoms with Gasteiger partial charge < -0.3 is 14.2 Å². The van der Waals surface area contributed by atoms with Crippen LogP contribution in [0.15, 0.2) is 77.8 Å². The number of rotatable bonds is 11. The average Bonchev–Trinajstić information content (AvgIpc) is 2.90. The Labute approximate surface area is 206 Å². The van der Waals surface area contributed by atoms with E-state index in [0.717, 1.165) is 24.8 Å². The van der Waals surface area contributed by atoms with Crippen molar-refractivity contribution in [2.75, 3.05) is 13.7 Å². The van der Waals surface area contributed by atoms with Crippen LogP contribution in [0.3, 0.4) is 0 Å². The molecule has 182 valence electrons. The Bertz CT molecular complexity index is 1120. The Morgan fingerprint density at radius 3 is 2.09 bits per heavy atom. The summed E-state index contributed by atoms with van der Waals surface area (Å²) in [6.07, 6.45) is 5.05. The molecule has 0 aromatic heterocycles. The van der Waals surface area contributed by atoms with Crippen molar-refractivity contribution in [2.24, 2.45) is 10.9 Å². The maximum Gasteiger partial charge on any atom is 0.343 e. The normalized spacial score (nSPS) is 11.7. The number of aliphatic imine (C=N–C) groups is 1. The molecule has 3 aromatic carbocycles. The number of esters is 2. The molecule has 0 aliphatic carbocycles. The highest BCUT2D eigenvalue weighted by Gasteiger charge is 2.10. The summed E-state index contributed by atoms with van der Waals surface area (Å²) in [5.74, 6) is 0.717. The molecule has 6 heteroatoms. The molecule has 0 aliphatic rings. The van der Waals surface area contributed by atoms with Crippen LogP contribution in [-0.2, 0) is 4.74 Å². The number of unbranched alkanes of at least 4 members (excludes halogenated alkanes) is 1. The van der Waals surface area contributed by atoms with E-state index in [0.29, 0.717) is 40.8 Å². The van der Waals surface area contributed by atoms with E-state index in [4.69, 9.17) is 14.2 Å². The number of methoxy groups -OCH3 is 1. The Morgan fingerprint density at radius 1 is 0.857 bits per heavy atom. The SMILES string of the molecule is CCCCC(C)COC(=O)c1ccc(N=Cc2ccc(OC(=O)c3ccc(OC)cc3)cc2)cc1. The first kappa shape index (κ1) is 25.7. The second-order valence-electron chi connectivity index (χ2n) is 8.34. The fourth-order valence-electron chi connectivity index (χ4n) is 3.28. The van der Waals surface area contributed by atoms with Crippen LogP contribution >= 0.6 is 0 Å². The molecule has 3 rings (SSSR count). The second kappa shape index (κ2) is 13.1. The van der Waals surface area contributed by atoms with E-state index in [1.54, 1.807) is 74.0 Å². The average molecular weight is 474 g/mol. The van der Waals surface area contributed by atoms with Crippen LogP contribution in [0.5, 0.6) is 11.5 Å². The number of carbonyl (C=O) groups is 2. The molecule has 6 nitrogen and oxygen atoms in total. The van der Waals surface area contributed by atoms with Crippen molar-refractivity contribution in [2.45, 2.75) is 33.1 Å². The summed E-state index contributed by atoms with van der Waals surface area (Å²) in [6, 6.07) is 20.8. The lowest BCUT2D eigenvalue weighted by Gasteiger charge is -2.11. The van der Waals surface area contributed by atoms with Crippen molar-refractivity contribution >= 4 is 23.8 Å². The van der Waals surface area contributed by atoms with Gasteiger partial charge in [-0.25, -0.2) is 9.59 Å². The summed E-state index contributed by atoms with van der Waals surface area (Å²) in [7, 11) is 1.57. The maximum atomic E-state index is 12.3. The van der Waals surface area contributed by atoms with Gasteiger partial charge in [0.25, 0.3) is 0 Å². The Morgan fingerprint density at radius 2 is 1.46 bits per heavy atom. The van der Waals surface area contributed by atoms with E-state index in [9.17, 15) is 9.59 Å². The zero-order valence-electron chi connectivity index (χ0n) is 20.4. The van der Waals surface area contributed by atoms with Gasteiger partial charge in [-0.05, 0) is 90.7 Å². The van der Waals surface area contributed by atoms with Crippen LogP contribution in [0.25, 0.3) is 0 Å². The van der Waals surface area contributed by atoms with Gasteiger partial charge in [-0.3, -0.25) is 4.99 Å². The van der Waals surface area contributed by atoms with E-state index in [1.807, 2.05) is 12.1 Å². The number of hydrogen-bond donors (Lipinski definition) is 0. The number of carbonyl (C=O) groups excluding carboxylic acids is 2. The van der Waals surface area contributed by atoms with Gasteiger partial charge in [0.15, 0.2) is 0 Å². The van der Waals surface area contributed by atoms with Crippen LogP contribution in [0, 0.1) is 5.92 Å². The van der Waals surface area contributed by atoms with E-state index < -0.39 is 5.97 Å². The van der Waals surface area contributed by atoms with Gasteiger partial charge in [-0.15, -0.1) is 0 Å². The van der Waals surface area contributed by atoms with Gasteiger partial charge >= 0.3 is 11.9 Å². The summed E-state index contributed by atoms with van der Waals surface area (Å²) in [5.41, 5.74) is 2.51. The number of hydrogen-bond acceptors (Lipinski definition) is 6. The Kier molecular flexibility index (Phi) is 9.60. The molecule has 0 saturated carbocycles. The van der Waals surface area contributed by atoms with E-state index in [2.05, 4.69) is 18.8 Å². The smallest absolute Gasteiger partial charge is 0.343 e. The minimum atomic E-state index is -0.442. The molecular formula is C29H31NO5. The largest absolute Gasteiger partial charge is 0.497 e. The lowest BCUT2D eigenvalue weighted by Crippen LogP contribution is -2.12. The zero-order valence-corrected chi connectivity index (χ0v) is 20.4. The molecule has 0 spiro atoms. The third kappa shape index (κ3) is 8.10. The Balaban J connectivity index is 1.51. The van der Waals surface area contributed by atoms with Crippen molar-refractivity contribution in [3.63, 3.8) is 0 Å². The predicted molar refractivity (Wildman–Crippen MR) is 137 cm³/mol. The number of nitrogens with zero attached hydrogens (tertiary/aromatic N) is 1. The van der Waals surface area contributed by atoms with Crippen LogP contribution in [-0.4, -0.2) is 31.9 Å². The van der Waals surface area contributed by atoms with Crippen molar-refractivity contribution in [3.05, 3.63) is 89.5 Å². The Hall–Kier alpha value is -3.93. The summed E-state index contributed by atoms with van der Waals surface area (Å²) < 4.78 is 15.9. The molecule has 1 unspecified atom stereocenters. The lowest BCUT2D eigenvalue weighted by atomic mass is 10.1.